The van der Waals surface area contributed by atoms with Gasteiger partial charge in [-0.15, -0.1) is 0 Å². The summed E-state index contributed by atoms with van der Waals surface area (Å²) in [5, 5.41) is 3.18. The van der Waals surface area contributed by atoms with E-state index in [1.54, 1.807) is 18.2 Å². The van der Waals surface area contributed by atoms with Crippen LogP contribution in [0.25, 0.3) is 0 Å². The Kier molecular flexibility index (Phi) is 4.98. The zero-order valence-electron chi connectivity index (χ0n) is 12.0. The molecule has 0 aromatic heterocycles. The third-order valence-electron chi connectivity index (χ3n) is 3.23. The van der Waals surface area contributed by atoms with E-state index in [1.165, 1.54) is 11.8 Å². The Bertz CT molecular complexity index is 694. The second-order valence-corrected chi connectivity index (χ2v) is 6.96. The molecule has 0 saturated carbocycles. The Morgan fingerprint density at radius 1 is 1.00 bits per heavy atom. The molecule has 0 aliphatic carbocycles. The summed E-state index contributed by atoms with van der Waals surface area (Å²) in [6, 6.07) is 15.1. The van der Waals surface area contributed by atoms with Crippen molar-refractivity contribution in [3.05, 3.63) is 59.7 Å². The van der Waals surface area contributed by atoms with Crippen molar-refractivity contribution in [2.45, 2.75) is 17.9 Å². The summed E-state index contributed by atoms with van der Waals surface area (Å²) in [4.78, 5) is 0.324. The molecule has 0 radical (unpaired) electrons. The minimum atomic E-state index is -3.23. The van der Waals surface area contributed by atoms with Gasteiger partial charge in [0.05, 0.1) is 10.6 Å². The highest BCUT2D eigenvalue weighted by atomic mass is 32.2. The quantitative estimate of drug-likeness (QED) is 0.858. The van der Waals surface area contributed by atoms with Crippen LogP contribution in [0.3, 0.4) is 0 Å². The van der Waals surface area contributed by atoms with E-state index in [0.717, 1.165) is 12.0 Å². The Morgan fingerprint density at radius 2 is 1.62 bits per heavy atom. The van der Waals surface area contributed by atoms with Gasteiger partial charge in [-0.25, -0.2) is 8.42 Å². The molecule has 0 spiro atoms. The van der Waals surface area contributed by atoms with E-state index in [4.69, 9.17) is 5.73 Å². The summed E-state index contributed by atoms with van der Waals surface area (Å²) < 4.78 is 23.5. The molecule has 4 nitrogen and oxygen atoms in total. The third-order valence-corrected chi connectivity index (χ3v) is 4.38. The first-order chi connectivity index (χ1) is 10.0. The van der Waals surface area contributed by atoms with Gasteiger partial charge in [0.25, 0.3) is 0 Å². The number of anilines is 1. The largest absolute Gasteiger partial charge is 0.380 e. The fourth-order valence-electron chi connectivity index (χ4n) is 2.12. The molecule has 0 aliphatic heterocycles. The van der Waals surface area contributed by atoms with Crippen molar-refractivity contribution in [1.29, 1.82) is 0 Å². The van der Waals surface area contributed by atoms with Gasteiger partial charge < -0.3 is 11.1 Å². The molecule has 0 amide bonds. The first-order valence-electron chi connectivity index (χ1n) is 6.81. The van der Waals surface area contributed by atoms with Crippen molar-refractivity contribution < 1.29 is 8.42 Å². The number of benzene rings is 2. The van der Waals surface area contributed by atoms with Crippen LogP contribution in [0.2, 0.25) is 0 Å². The molecule has 0 fully saturated rings. The molecule has 2 aromatic carbocycles. The van der Waals surface area contributed by atoms with Crippen LogP contribution in [0.5, 0.6) is 0 Å². The predicted molar refractivity (Wildman–Crippen MR) is 86.1 cm³/mol. The lowest BCUT2D eigenvalue weighted by molar-refractivity contribution is 0.602. The summed E-state index contributed by atoms with van der Waals surface area (Å²) in [6.07, 6.45) is 2.08. The van der Waals surface area contributed by atoms with Crippen LogP contribution in [0, 0.1) is 0 Å². The van der Waals surface area contributed by atoms with Gasteiger partial charge in [0.15, 0.2) is 9.84 Å². The molecule has 0 atom stereocenters. The van der Waals surface area contributed by atoms with Crippen molar-refractivity contribution in [3.63, 3.8) is 0 Å². The number of rotatable bonds is 6. The molecule has 21 heavy (non-hydrogen) atoms. The normalized spacial score (nSPS) is 11.3. The standard InChI is InChI=1S/C16H20N2O2S/c1-21(19,20)16-5-3-2-4-15(16)18-12-14-8-6-13(7-9-14)10-11-17/h2-9,18H,10-12,17H2,1H3. The molecule has 0 saturated heterocycles. The molecule has 112 valence electrons. The minimum absolute atomic E-state index is 0.324. The molecule has 0 unspecified atom stereocenters. The number of hydrogen-bond acceptors (Lipinski definition) is 4. The Morgan fingerprint density at radius 3 is 2.24 bits per heavy atom. The second-order valence-electron chi connectivity index (χ2n) is 4.98. The van der Waals surface area contributed by atoms with E-state index in [9.17, 15) is 8.42 Å². The molecular formula is C16H20N2O2S. The molecule has 0 bridgehead atoms. The minimum Gasteiger partial charge on any atom is -0.380 e. The monoisotopic (exact) mass is 304 g/mol. The molecule has 0 aliphatic rings. The van der Waals surface area contributed by atoms with Gasteiger partial charge in [-0.3, -0.25) is 0 Å². The first kappa shape index (κ1) is 15.5. The maximum Gasteiger partial charge on any atom is 0.177 e. The highest BCUT2D eigenvalue weighted by Crippen LogP contribution is 2.21. The van der Waals surface area contributed by atoms with E-state index in [0.29, 0.717) is 23.7 Å². The highest BCUT2D eigenvalue weighted by molar-refractivity contribution is 7.90. The van der Waals surface area contributed by atoms with Gasteiger partial charge in [-0.1, -0.05) is 36.4 Å². The van der Waals surface area contributed by atoms with Gasteiger partial charge in [-0.05, 0) is 36.2 Å². The number of nitrogens with two attached hydrogens (primary N) is 1. The number of nitrogens with one attached hydrogen (secondary N) is 1. The van der Waals surface area contributed by atoms with Gasteiger partial charge in [0, 0.05) is 12.8 Å². The second kappa shape index (κ2) is 6.74. The lowest BCUT2D eigenvalue weighted by atomic mass is 10.1. The molecule has 3 N–H and O–H groups in total. The average Bonchev–Trinajstić information content (AvgIpc) is 2.46. The Hall–Kier alpha value is -1.85. The molecule has 5 heteroatoms. The number of para-hydroxylation sites is 1. The lowest BCUT2D eigenvalue weighted by Crippen LogP contribution is -2.06. The van der Waals surface area contributed by atoms with Gasteiger partial charge in [0.2, 0.25) is 0 Å². The predicted octanol–water partition coefficient (Wildman–Crippen LogP) is 2.20. The zero-order valence-corrected chi connectivity index (χ0v) is 12.9. The molecule has 2 rings (SSSR count). The summed E-state index contributed by atoms with van der Waals surface area (Å²) in [7, 11) is -3.23. The van der Waals surface area contributed by atoms with Crippen molar-refractivity contribution in [2.75, 3.05) is 18.1 Å². The van der Waals surface area contributed by atoms with Crippen molar-refractivity contribution in [3.8, 4) is 0 Å². The van der Waals surface area contributed by atoms with Crippen molar-refractivity contribution >= 4 is 15.5 Å². The van der Waals surface area contributed by atoms with Crippen LogP contribution >= 0.6 is 0 Å². The SMILES string of the molecule is CS(=O)(=O)c1ccccc1NCc1ccc(CCN)cc1. The van der Waals surface area contributed by atoms with E-state index >= 15 is 0 Å². The van der Waals surface area contributed by atoms with Crippen LogP contribution in [0.1, 0.15) is 11.1 Å². The Balaban J connectivity index is 2.10. The van der Waals surface area contributed by atoms with Gasteiger partial charge in [0.1, 0.15) is 0 Å². The van der Waals surface area contributed by atoms with Crippen LogP contribution in [0.15, 0.2) is 53.4 Å². The van der Waals surface area contributed by atoms with E-state index < -0.39 is 9.84 Å². The summed E-state index contributed by atoms with van der Waals surface area (Å²) in [6.45, 7) is 1.22. The van der Waals surface area contributed by atoms with Crippen LogP contribution in [0.4, 0.5) is 5.69 Å². The zero-order chi connectivity index (χ0) is 15.3. The fourth-order valence-corrected chi connectivity index (χ4v) is 2.99. The number of sulfone groups is 1. The fraction of sp³-hybridized carbons (Fsp3) is 0.250. The maximum atomic E-state index is 11.7. The molecule has 0 heterocycles. The summed E-state index contributed by atoms with van der Waals surface area (Å²) in [5.41, 5.74) is 8.45. The average molecular weight is 304 g/mol. The van der Waals surface area contributed by atoms with E-state index in [-0.39, 0.29) is 0 Å². The first-order valence-corrected chi connectivity index (χ1v) is 8.70. The molecular weight excluding hydrogens is 284 g/mol. The van der Waals surface area contributed by atoms with E-state index in [1.807, 2.05) is 30.3 Å². The van der Waals surface area contributed by atoms with Crippen LogP contribution < -0.4 is 11.1 Å². The highest BCUT2D eigenvalue weighted by Gasteiger charge is 2.11. The summed E-state index contributed by atoms with van der Waals surface area (Å²) in [5.74, 6) is 0. The van der Waals surface area contributed by atoms with E-state index in [2.05, 4.69) is 5.32 Å². The lowest BCUT2D eigenvalue weighted by Gasteiger charge is -2.11. The Labute approximate surface area is 125 Å². The maximum absolute atomic E-state index is 11.7. The van der Waals surface area contributed by atoms with Crippen molar-refractivity contribution in [2.24, 2.45) is 5.73 Å². The summed E-state index contributed by atoms with van der Waals surface area (Å²) >= 11 is 0. The van der Waals surface area contributed by atoms with Crippen molar-refractivity contribution in [1.82, 2.24) is 0 Å². The topological polar surface area (TPSA) is 72.2 Å². The third kappa shape index (κ3) is 4.31. The molecule has 2 aromatic rings. The van der Waals surface area contributed by atoms with Crippen LogP contribution in [-0.4, -0.2) is 21.2 Å². The van der Waals surface area contributed by atoms with Gasteiger partial charge >= 0.3 is 0 Å². The van der Waals surface area contributed by atoms with Gasteiger partial charge in [-0.2, -0.15) is 0 Å². The number of hydrogen-bond donors (Lipinski definition) is 2. The van der Waals surface area contributed by atoms with Crippen LogP contribution in [-0.2, 0) is 22.8 Å². The smallest absolute Gasteiger partial charge is 0.177 e.